The Hall–Kier alpha value is -2.11. The number of carbonyl (C=O) groups is 2. The topological polar surface area (TPSA) is 88.4 Å². The maximum Gasteiger partial charge on any atom is 0.326 e. The number of amides is 1. The largest absolute Gasteiger partial charge is 0.480 e. The molecular weight excluding hydrogens is 272 g/mol. The lowest BCUT2D eigenvalue weighted by molar-refractivity contribution is -0.141. The lowest BCUT2D eigenvalue weighted by Gasteiger charge is -2.12. The molecule has 1 rings (SSSR count). The maximum atomic E-state index is 11.8. The number of aliphatic carboxylic acids is 1. The Morgan fingerprint density at radius 2 is 2.10 bits per heavy atom. The molecule has 1 aromatic heterocycles. The number of rotatable bonds is 8. The molecule has 0 radical (unpaired) electrons. The highest BCUT2D eigenvalue weighted by Crippen LogP contribution is 2.00. The van der Waals surface area contributed by atoms with Gasteiger partial charge >= 0.3 is 5.97 Å². The van der Waals surface area contributed by atoms with Crippen LogP contribution in [-0.4, -0.2) is 27.6 Å². The van der Waals surface area contributed by atoms with Gasteiger partial charge < -0.3 is 15.0 Å². The van der Waals surface area contributed by atoms with Gasteiger partial charge in [-0.05, 0) is 32.3 Å². The van der Waals surface area contributed by atoms with Crippen LogP contribution in [0.25, 0.3) is 0 Å². The van der Waals surface area contributed by atoms with E-state index in [-0.39, 0.29) is 17.9 Å². The Bertz CT molecular complexity index is 551. The highest BCUT2D eigenvalue weighted by atomic mass is 16.4. The second kappa shape index (κ2) is 8.24. The summed E-state index contributed by atoms with van der Waals surface area (Å²) in [6, 6.07) is 2.77. The number of nitrogens with zero attached hydrogens (tertiary/aromatic N) is 1. The summed E-state index contributed by atoms with van der Waals surface area (Å²) >= 11 is 0. The fourth-order valence-corrected chi connectivity index (χ4v) is 2.01. The highest BCUT2D eigenvalue weighted by Gasteiger charge is 2.16. The van der Waals surface area contributed by atoms with Crippen molar-refractivity contribution in [2.24, 2.45) is 0 Å². The van der Waals surface area contributed by atoms with E-state index in [1.165, 1.54) is 0 Å². The number of unbranched alkanes of at least 4 members (excludes halogenated alkanes) is 1. The normalized spacial score (nSPS) is 11.9. The Labute approximate surface area is 123 Å². The van der Waals surface area contributed by atoms with Gasteiger partial charge in [0.2, 0.25) is 5.91 Å². The van der Waals surface area contributed by atoms with Crippen LogP contribution in [0.1, 0.15) is 38.2 Å². The summed E-state index contributed by atoms with van der Waals surface area (Å²) in [6.45, 7) is 4.04. The molecule has 1 unspecified atom stereocenters. The smallest absolute Gasteiger partial charge is 0.326 e. The third-order valence-electron chi connectivity index (χ3n) is 3.30. The summed E-state index contributed by atoms with van der Waals surface area (Å²) in [5, 5.41) is 11.3. The van der Waals surface area contributed by atoms with E-state index < -0.39 is 12.0 Å². The van der Waals surface area contributed by atoms with Gasteiger partial charge in [-0.15, -0.1) is 0 Å². The van der Waals surface area contributed by atoms with Crippen LogP contribution in [-0.2, 0) is 16.1 Å². The van der Waals surface area contributed by atoms with Gasteiger partial charge in [-0.1, -0.05) is 13.0 Å². The quantitative estimate of drug-likeness (QED) is 0.707. The van der Waals surface area contributed by atoms with E-state index in [4.69, 9.17) is 5.11 Å². The molecule has 0 aliphatic carbocycles. The number of carboxylic acid groups (broad SMARTS) is 1. The first-order valence-corrected chi connectivity index (χ1v) is 7.14. The lowest BCUT2D eigenvalue weighted by Crippen LogP contribution is -2.40. The fourth-order valence-electron chi connectivity index (χ4n) is 2.01. The van der Waals surface area contributed by atoms with Crippen molar-refractivity contribution in [2.75, 3.05) is 0 Å². The number of carboxylic acids is 1. The van der Waals surface area contributed by atoms with E-state index in [2.05, 4.69) is 5.32 Å². The first kappa shape index (κ1) is 16.9. The number of pyridine rings is 1. The van der Waals surface area contributed by atoms with Crippen molar-refractivity contribution < 1.29 is 14.7 Å². The van der Waals surface area contributed by atoms with Crippen molar-refractivity contribution in [1.29, 1.82) is 0 Å². The van der Waals surface area contributed by atoms with Crippen molar-refractivity contribution in [3.63, 3.8) is 0 Å². The molecule has 0 aliphatic heterocycles. The van der Waals surface area contributed by atoms with Crippen molar-refractivity contribution in [1.82, 2.24) is 9.88 Å². The van der Waals surface area contributed by atoms with Gasteiger partial charge in [0, 0.05) is 24.7 Å². The number of hydrogen-bond acceptors (Lipinski definition) is 3. The van der Waals surface area contributed by atoms with Gasteiger partial charge in [0.1, 0.15) is 6.04 Å². The van der Waals surface area contributed by atoms with Gasteiger partial charge in [0.15, 0.2) is 0 Å². The molecule has 0 spiro atoms. The third-order valence-corrected chi connectivity index (χ3v) is 3.30. The van der Waals surface area contributed by atoms with Crippen LogP contribution in [0.2, 0.25) is 0 Å². The van der Waals surface area contributed by atoms with Crippen LogP contribution in [0.15, 0.2) is 23.1 Å². The first-order valence-electron chi connectivity index (χ1n) is 7.14. The van der Waals surface area contributed by atoms with Gasteiger partial charge in [0.05, 0.1) is 0 Å². The molecule has 6 heteroatoms. The molecule has 2 N–H and O–H groups in total. The SMILES string of the molecule is CCC(NC(=O)CCCCn1cccc(C)c1=O)C(=O)O. The minimum atomic E-state index is -1.02. The summed E-state index contributed by atoms with van der Waals surface area (Å²) < 4.78 is 1.62. The molecule has 1 atom stereocenters. The molecule has 0 saturated heterocycles. The zero-order chi connectivity index (χ0) is 15.8. The van der Waals surface area contributed by atoms with E-state index in [1.54, 1.807) is 30.7 Å². The van der Waals surface area contributed by atoms with Crippen molar-refractivity contribution in [2.45, 2.75) is 52.1 Å². The molecule has 0 aromatic carbocycles. The Kier molecular flexibility index (Phi) is 6.65. The summed E-state index contributed by atoms with van der Waals surface area (Å²) in [5.41, 5.74) is 0.682. The summed E-state index contributed by atoms with van der Waals surface area (Å²) in [4.78, 5) is 34.2. The summed E-state index contributed by atoms with van der Waals surface area (Å²) in [7, 11) is 0. The molecule has 116 valence electrons. The summed E-state index contributed by atoms with van der Waals surface area (Å²) in [5.74, 6) is -1.28. The van der Waals surface area contributed by atoms with E-state index >= 15 is 0 Å². The average molecular weight is 294 g/mol. The Balaban J connectivity index is 2.34. The van der Waals surface area contributed by atoms with E-state index in [0.29, 0.717) is 31.4 Å². The molecule has 1 amide bonds. The predicted molar refractivity (Wildman–Crippen MR) is 79.1 cm³/mol. The molecule has 0 aliphatic rings. The van der Waals surface area contributed by atoms with Crippen LogP contribution >= 0.6 is 0 Å². The lowest BCUT2D eigenvalue weighted by atomic mass is 10.2. The molecule has 1 aromatic rings. The number of aromatic nitrogens is 1. The number of aryl methyl sites for hydroxylation is 2. The fraction of sp³-hybridized carbons (Fsp3) is 0.533. The van der Waals surface area contributed by atoms with Gasteiger partial charge in [0.25, 0.3) is 5.56 Å². The van der Waals surface area contributed by atoms with E-state index in [9.17, 15) is 14.4 Å². The van der Waals surface area contributed by atoms with Crippen LogP contribution in [0.4, 0.5) is 0 Å². The zero-order valence-electron chi connectivity index (χ0n) is 12.5. The molecule has 0 saturated carbocycles. The van der Waals surface area contributed by atoms with Gasteiger partial charge in [-0.3, -0.25) is 9.59 Å². The first-order chi connectivity index (χ1) is 9.95. The van der Waals surface area contributed by atoms with E-state index in [0.717, 1.165) is 0 Å². The maximum absolute atomic E-state index is 11.8. The van der Waals surface area contributed by atoms with Gasteiger partial charge in [-0.25, -0.2) is 4.79 Å². The second-order valence-corrected chi connectivity index (χ2v) is 5.01. The molecule has 6 nitrogen and oxygen atoms in total. The third kappa shape index (κ3) is 5.41. The van der Waals surface area contributed by atoms with Crippen molar-refractivity contribution in [3.05, 3.63) is 34.2 Å². The predicted octanol–water partition coefficient (Wildman–Crippen LogP) is 1.31. The van der Waals surface area contributed by atoms with Crippen LogP contribution in [0.5, 0.6) is 0 Å². The number of carbonyl (C=O) groups excluding carboxylic acids is 1. The number of nitrogens with one attached hydrogen (secondary N) is 1. The monoisotopic (exact) mass is 294 g/mol. The molecular formula is C15H22N2O4. The zero-order valence-corrected chi connectivity index (χ0v) is 12.5. The highest BCUT2D eigenvalue weighted by molar-refractivity contribution is 5.83. The van der Waals surface area contributed by atoms with Crippen molar-refractivity contribution >= 4 is 11.9 Å². The Morgan fingerprint density at radius 3 is 2.71 bits per heavy atom. The minimum absolute atomic E-state index is 0.0149. The molecule has 0 bridgehead atoms. The van der Waals surface area contributed by atoms with Crippen LogP contribution in [0, 0.1) is 6.92 Å². The van der Waals surface area contributed by atoms with Crippen LogP contribution < -0.4 is 10.9 Å². The minimum Gasteiger partial charge on any atom is -0.480 e. The van der Waals surface area contributed by atoms with Crippen LogP contribution in [0.3, 0.4) is 0 Å². The molecule has 1 heterocycles. The Morgan fingerprint density at radius 1 is 1.38 bits per heavy atom. The summed E-state index contributed by atoms with van der Waals surface area (Å²) in [6.07, 6.45) is 3.67. The molecule has 0 fully saturated rings. The van der Waals surface area contributed by atoms with Gasteiger partial charge in [-0.2, -0.15) is 0 Å². The molecule has 21 heavy (non-hydrogen) atoms. The number of hydrogen-bond donors (Lipinski definition) is 2. The van der Waals surface area contributed by atoms with Crippen molar-refractivity contribution in [3.8, 4) is 0 Å². The average Bonchev–Trinajstić information content (AvgIpc) is 2.44. The second-order valence-electron chi connectivity index (χ2n) is 5.01. The van der Waals surface area contributed by atoms with E-state index in [1.807, 2.05) is 6.07 Å². The standard InChI is InChI=1S/C15H22N2O4/c1-3-12(15(20)21)16-13(18)8-4-5-9-17-10-6-7-11(2)14(17)19/h6-7,10,12H,3-5,8-9H2,1-2H3,(H,16,18)(H,20,21).